The number of halogens is 4. The van der Waals surface area contributed by atoms with E-state index in [9.17, 15) is 22.5 Å². The van der Waals surface area contributed by atoms with Gasteiger partial charge in [-0.1, -0.05) is 0 Å². The molecule has 0 aliphatic carbocycles. The normalized spacial score (nSPS) is 14.2. The van der Waals surface area contributed by atoms with Crippen molar-refractivity contribution in [2.75, 3.05) is 18.2 Å². The predicted molar refractivity (Wildman–Crippen MR) is 91.0 cm³/mol. The number of carbonyl (C=O) groups is 1. The minimum atomic E-state index is -4.72. The zero-order valence-electron chi connectivity index (χ0n) is 13.2. The maximum absolute atomic E-state index is 12.9. The zero-order chi connectivity index (χ0) is 18.8. The molecule has 0 saturated carbocycles. The van der Waals surface area contributed by atoms with Crippen LogP contribution in [0.3, 0.4) is 0 Å². The van der Waals surface area contributed by atoms with Crippen molar-refractivity contribution in [1.82, 2.24) is 14.8 Å². The zero-order valence-corrected chi connectivity index (χ0v) is 15.6. The molecule has 0 bridgehead atoms. The van der Waals surface area contributed by atoms with Gasteiger partial charge < -0.3 is 9.45 Å². The van der Waals surface area contributed by atoms with E-state index >= 15 is 0 Å². The molecule has 2 aromatic rings. The Morgan fingerprint density at radius 2 is 2.20 bits per heavy atom. The minimum Gasteiger partial charge on any atom is -0.616 e. The lowest BCUT2D eigenvalue weighted by Crippen LogP contribution is -2.41. The number of pyridine rings is 1. The van der Waals surface area contributed by atoms with Gasteiger partial charge in [0.2, 0.25) is 11.2 Å². The fourth-order valence-electron chi connectivity index (χ4n) is 2.04. The maximum atomic E-state index is 12.9. The molecule has 136 valence electrons. The number of rotatable bonds is 5. The van der Waals surface area contributed by atoms with Crippen LogP contribution in [0.4, 0.5) is 18.9 Å². The molecule has 1 amide bonds. The van der Waals surface area contributed by atoms with Crippen LogP contribution in [0, 0.1) is 0 Å². The Labute approximate surface area is 153 Å². The van der Waals surface area contributed by atoms with Crippen LogP contribution in [0.5, 0.6) is 0 Å². The molecule has 11 heteroatoms. The van der Waals surface area contributed by atoms with Gasteiger partial charge in [0.05, 0.1) is 36.4 Å². The summed E-state index contributed by atoms with van der Waals surface area (Å²) in [4.78, 5) is 17.2. The highest BCUT2D eigenvalue weighted by Crippen LogP contribution is 2.31. The summed E-state index contributed by atoms with van der Waals surface area (Å²) < 4.78 is 51.8. The average Bonchev–Trinajstić information content (AvgIpc) is 2.93. The molecule has 0 spiro atoms. The molecule has 25 heavy (non-hydrogen) atoms. The molecule has 6 nitrogen and oxygen atoms in total. The van der Waals surface area contributed by atoms with E-state index in [1.54, 1.807) is 24.5 Å². The van der Waals surface area contributed by atoms with Crippen LogP contribution in [0.2, 0.25) is 0 Å². The summed E-state index contributed by atoms with van der Waals surface area (Å²) in [6.45, 7) is 0. The van der Waals surface area contributed by atoms with Gasteiger partial charge >= 0.3 is 6.18 Å². The van der Waals surface area contributed by atoms with Crippen LogP contribution < -0.4 is 4.90 Å². The van der Waals surface area contributed by atoms with Crippen molar-refractivity contribution in [3.63, 3.8) is 0 Å². The molecule has 0 aromatic carbocycles. The lowest BCUT2D eigenvalue weighted by Gasteiger charge is -2.23. The van der Waals surface area contributed by atoms with Crippen molar-refractivity contribution in [2.24, 2.45) is 0 Å². The Kier molecular flexibility index (Phi) is 6.12. The van der Waals surface area contributed by atoms with Gasteiger partial charge in [0.25, 0.3) is 0 Å². The Balaban J connectivity index is 2.21. The highest BCUT2D eigenvalue weighted by atomic mass is 79.9. The fraction of sp³-hybridized carbons (Fsp3) is 0.357. The second-order valence-corrected chi connectivity index (χ2v) is 7.46. The Morgan fingerprint density at radius 1 is 1.52 bits per heavy atom. The van der Waals surface area contributed by atoms with Crippen LogP contribution in [0.25, 0.3) is 5.69 Å². The van der Waals surface area contributed by atoms with Gasteiger partial charge in [-0.05, 0) is 39.2 Å². The van der Waals surface area contributed by atoms with E-state index < -0.39 is 34.9 Å². The molecule has 0 radical (unpaired) electrons. The van der Waals surface area contributed by atoms with Crippen molar-refractivity contribution in [2.45, 2.75) is 17.8 Å². The molecule has 0 fully saturated rings. The summed E-state index contributed by atoms with van der Waals surface area (Å²) >= 11 is 0.980. The fourth-order valence-corrected chi connectivity index (χ4v) is 3.33. The van der Waals surface area contributed by atoms with Crippen molar-refractivity contribution >= 4 is 38.7 Å². The summed E-state index contributed by atoms with van der Waals surface area (Å²) in [6, 6.07) is 3.43. The summed E-state index contributed by atoms with van der Waals surface area (Å²) in [5.74, 6) is -0.816. The molecular formula is C14H14BrF3N4O2S. The standard InChI is InChI=1S/C14H14BrF3N4O2S/c1-21(12(23)6-11(25(2)24)14(16,17)18)10-8-22(20-13(10)15)9-4-3-5-19-7-9/h3-5,7-8,11H,6H2,1-2H3. The molecule has 2 unspecified atom stereocenters. The van der Waals surface area contributed by atoms with Crippen molar-refractivity contribution in [3.8, 4) is 5.69 Å². The topological polar surface area (TPSA) is 74.1 Å². The van der Waals surface area contributed by atoms with Gasteiger partial charge in [0.1, 0.15) is 0 Å². The van der Waals surface area contributed by atoms with Gasteiger partial charge in [0, 0.05) is 13.2 Å². The van der Waals surface area contributed by atoms with Crippen molar-refractivity contribution in [3.05, 3.63) is 35.3 Å². The van der Waals surface area contributed by atoms with Gasteiger partial charge in [0.15, 0.2) is 4.60 Å². The lowest BCUT2D eigenvalue weighted by atomic mass is 10.2. The molecule has 2 aromatic heterocycles. The summed E-state index contributed by atoms with van der Waals surface area (Å²) in [6.07, 6.45) is -0.0706. The number of hydrogen-bond donors (Lipinski definition) is 0. The van der Waals surface area contributed by atoms with Crippen molar-refractivity contribution in [1.29, 1.82) is 0 Å². The highest BCUT2D eigenvalue weighted by Gasteiger charge is 2.48. The number of anilines is 1. The maximum Gasteiger partial charge on any atom is 0.436 e. The first-order valence-electron chi connectivity index (χ1n) is 6.92. The Morgan fingerprint density at radius 3 is 2.72 bits per heavy atom. The second-order valence-electron chi connectivity index (χ2n) is 5.15. The summed E-state index contributed by atoms with van der Waals surface area (Å²) in [5, 5.41) is 1.95. The number of alkyl halides is 3. The monoisotopic (exact) mass is 438 g/mol. The van der Waals surface area contributed by atoms with Gasteiger partial charge in [-0.25, -0.2) is 4.68 Å². The Hall–Kier alpha value is -1.59. The van der Waals surface area contributed by atoms with E-state index in [0.717, 1.165) is 11.2 Å². The molecule has 0 N–H and O–H groups in total. The number of aromatic nitrogens is 3. The van der Waals surface area contributed by atoms with Crippen LogP contribution in [-0.4, -0.2) is 50.0 Å². The molecule has 0 aliphatic rings. The first-order chi connectivity index (χ1) is 11.6. The van der Waals surface area contributed by atoms with Gasteiger partial charge in [-0.3, -0.25) is 9.78 Å². The third kappa shape index (κ3) is 4.73. The summed E-state index contributed by atoms with van der Waals surface area (Å²) in [5.41, 5.74) is 0.912. The van der Waals surface area contributed by atoms with Crippen LogP contribution in [0.1, 0.15) is 6.42 Å². The third-order valence-electron chi connectivity index (χ3n) is 3.42. The number of amides is 1. The summed E-state index contributed by atoms with van der Waals surface area (Å²) in [7, 11) is 1.34. The first kappa shape index (κ1) is 19.7. The van der Waals surface area contributed by atoms with E-state index in [1.807, 2.05) is 0 Å². The average molecular weight is 439 g/mol. The smallest absolute Gasteiger partial charge is 0.436 e. The predicted octanol–water partition coefficient (Wildman–Crippen LogP) is 2.69. The molecule has 0 aliphatic heterocycles. The number of nitrogens with zero attached hydrogens (tertiary/aromatic N) is 4. The van der Waals surface area contributed by atoms with E-state index in [1.165, 1.54) is 17.9 Å². The van der Waals surface area contributed by atoms with Crippen LogP contribution in [0.15, 0.2) is 35.3 Å². The van der Waals surface area contributed by atoms with Gasteiger partial charge in [-0.2, -0.15) is 18.3 Å². The van der Waals surface area contributed by atoms with Gasteiger partial charge in [-0.15, -0.1) is 0 Å². The van der Waals surface area contributed by atoms with Crippen LogP contribution in [-0.2, 0) is 16.0 Å². The van der Waals surface area contributed by atoms with E-state index in [4.69, 9.17) is 0 Å². The van der Waals surface area contributed by atoms with Crippen molar-refractivity contribution < 1.29 is 22.5 Å². The van der Waals surface area contributed by atoms with Crippen LogP contribution >= 0.6 is 15.9 Å². The SMILES string of the molecule is CN(C(=O)CC([S+](C)[O-])C(F)(F)F)c1cn(-c2cccnc2)nc1Br. The molecular weight excluding hydrogens is 425 g/mol. The lowest BCUT2D eigenvalue weighted by molar-refractivity contribution is -0.139. The molecule has 2 heterocycles. The van der Waals surface area contributed by atoms with E-state index in [2.05, 4.69) is 26.0 Å². The Bertz CT molecular complexity index is 739. The first-order valence-corrected chi connectivity index (χ1v) is 9.33. The number of hydrogen-bond acceptors (Lipinski definition) is 4. The third-order valence-corrected chi connectivity index (χ3v) is 5.22. The second kappa shape index (κ2) is 7.75. The van der Waals surface area contributed by atoms with E-state index in [0.29, 0.717) is 5.69 Å². The quantitative estimate of drug-likeness (QED) is 0.672. The minimum absolute atomic E-state index is 0.286. The molecule has 2 atom stereocenters. The highest BCUT2D eigenvalue weighted by molar-refractivity contribution is 9.10. The largest absolute Gasteiger partial charge is 0.616 e. The van der Waals surface area contributed by atoms with E-state index in [-0.39, 0.29) is 10.3 Å². The molecule has 2 rings (SSSR count). The number of carbonyl (C=O) groups excluding carboxylic acids is 1. The molecule has 0 saturated heterocycles.